The summed E-state index contributed by atoms with van der Waals surface area (Å²) in [4.78, 5) is 24.0. The van der Waals surface area contributed by atoms with E-state index in [0.717, 1.165) is 44.3 Å². The minimum Gasteiger partial charge on any atom is -0.479 e. The van der Waals surface area contributed by atoms with Crippen LogP contribution in [0.4, 0.5) is 0 Å². The molecule has 5 heteroatoms. The van der Waals surface area contributed by atoms with E-state index in [1.807, 2.05) is 6.92 Å². The summed E-state index contributed by atoms with van der Waals surface area (Å²) in [6.07, 6.45) is 6.49. The third-order valence-corrected chi connectivity index (χ3v) is 5.88. The average molecular weight is 285 g/mol. The summed E-state index contributed by atoms with van der Waals surface area (Å²) in [6, 6.07) is 0. The van der Waals surface area contributed by atoms with Crippen molar-refractivity contribution >= 4 is 23.6 Å². The van der Waals surface area contributed by atoms with Gasteiger partial charge in [-0.15, -0.1) is 11.8 Å². The van der Waals surface area contributed by atoms with Crippen LogP contribution in [0.15, 0.2) is 0 Å². The molecule has 2 N–H and O–H groups in total. The molecule has 4 nitrogen and oxygen atoms in total. The molecule has 3 unspecified atom stereocenters. The summed E-state index contributed by atoms with van der Waals surface area (Å²) in [5.41, 5.74) is -1.03. The Labute approximate surface area is 118 Å². The lowest BCUT2D eigenvalue weighted by molar-refractivity contribution is -0.151. The average Bonchev–Trinajstić information content (AvgIpc) is 2.42. The zero-order valence-corrected chi connectivity index (χ0v) is 12.3. The first-order chi connectivity index (χ1) is 9.06. The van der Waals surface area contributed by atoms with Crippen LogP contribution in [-0.4, -0.2) is 33.5 Å². The van der Waals surface area contributed by atoms with Gasteiger partial charge in [-0.1, -0.05) is 26.2 Å². The molecule has 0 aromatic rings. The van der Waals surface area contributed by atoms with Crippen molar-refractivity contribution < 1.29 is 14.7 Å². The van der Waals surface area contributed by atoms with E-state index in [1.54, 1.807) is 11.8 Å². The van der Waals surface area contributed by atoms with Gasteiger partial charge in [0, 0.05) is 0 Å². The maximum atomic E-state index is 12.3. The van der Waals surface area contributed by atoms with Gasteiger partial charge in [0.25, 0.3) is 0 Å². The fourth-order valence-electron chi connectivity index (χ4n) is 3.15. The molecular formula is C14H23NO3S. The standard InChI is InChI=1S/C14H23NO3S/c1-10-6-2-4-8-14(10,13(17)18)15-12(16)11-7-3-5-9-19-11/h10-11H,2-9H2,1H3,(H,15,16)(H,17,18). The molecule has 3 atom stereocenters. The van der Waals surface area contributed by atoms with Crippen LogP contribution in [0.2, 0.25) is 0 Å². The maximum Gasteiger partial charge on any atom is 0.329 e. The van der Waals surface area contributed by atoms with Crippen LogP contribution in [0, 0.1) is 5.92 Å². The Morgan fingerprint density at radius 1 is 1.21 bits per heavy atom. The lowest BCUT2D eigenvalue weighted by Crippen LogP contribution is -2.61. The molecule has 1 aliphatic carbocycles. The number of carboxylic acid groups (broad SMARTS) is 1. The SMILES string of the molecule is CC1CCCCC1(NC(=O)C1CCCCS1)C(=O)O. The van der Waals surface area contributed by atoms with Crippen LogP contribution in [-0.2, 0) is 9.59 Å². The molecule has 2 aliphatic rings. The van der Waals surface area contributed by atoms with Crippen molar-refractivity contribution in [3.05, 3.63) is 0 Å². The molecule has 0 aromatic heterocycles. The summed E-state index contributed by atoms with van der Waals surface area (Å²) < 4.78 is 0. The van der Waals surface area contributed by atoms with Crippen LogP contribution < -0.4 is 5.32 Å². The van der Waals surface area contributed by atoms with Gasteiger partial charge in [-0.2, -0.15) is 0 Å². The molecule has 0 spiro atoms. The molecule has 2 fully saturated rings. The molecular weight excluding hydrogens is 262 g/mol. The van der Waals surface area contributed by atoms with Gasteiger partial charge >= 0.3 is 5.97 Å². The Morgan fingerprint density at radius 2 is 1.95 bits per heavy atom. The van der Waals surface area contributed by atoms with Crippen LogP contribution in [0.5, 0.6) is 0 Å². The van der Waals surface area contributed by atoms with Crippen molar-refractivity contribution in [3.8, 4) is 0 Å². The Kier molecular flexibility index (Phi) is 4.76. The molecule has 108 valence electrons. The summed E-state index contributed by atoms with van der Waals surface area (Å²) >= 11 is 1.67. The summed E-state index contributed by atoms with van der Waals surface area (Å²) in [7, 11) is 0. The lowest BCUT2D eigenvalue weighted by Gasteiger charge is -2.40. The van der Waals surface area contributed by atoms with Crippen LogP contribution in [0.25, 0.3) is 0 Å². The fraction of sp³-hybridized carbons (Fsp3) is 0.857. The second-order valence-electron chi connectivity index (χ2n) is 5.77. The number of nitrogens with one attached hydrogen (secondary N) is 1. The number of aliphatic carboxylic acids is 1. The van der Waals surface area contributed by atoms with Gasteiger partial charge in [-0.3, -0.25) is 4.79 Å². The fourth-order valence-corrected chi connectivity index (χ4v) is 4.35. The van der Waals surface area contributed by atoms with E-state index in [-0.39, 0.29) is 17.1 Å². The smallest absolute Gasteiger partial charge is 0.329 e. The highest BCUT2D eigenvalue weighted by atomic mass is 32.2. The van der Waals surface area contributed by atoms with E-state index < -0.39 is 11.5 Å². The van der Waals surface area contributed by atoms with Crippen molar-refractivity contribution in [3.63, 3.8) is 0 Å². The first-order valence-electron chi connectivity index (χ1n) is 7.23. The molecule has 1 amide bonds. The second-order valence-corrected chi connectivity index (χ2v) is 7.08. The van der Waals surface area contributed by atoms with E-state index >= 15 is 0 Å². The minimum atomic E-state index is -1.03. The lowest BCUT2D eigenvalue weighted by atomic mass is 9.73. The molecule has 2 rings (SSSR count). The maximum absolute atomic E-state index is 12.3. The van der Waals surface area contributed by atoms with Crippen molar-refractivity contribution in [2.45, 2.75) is 62.7 Å². The van der Waals surface area contributed by atoms with Gasteiger partial charge in [-0.25, -0.2) is 4.79 Å². The normalized spacial score (nSPS) is 35.6. The van der Waals surface area contributed by atoms with E-state index in [9.17, 15) is 14.7 Å². The number of hydrogen-bond acceptors (Lipinski definition) is 3. The Hall–Kier alpha value is -0.710. The number of thioether (sulfide) groups is 1. The Morgan fingerprint density at radius 3 is 2.53 bits per heavy atom. The van der Waals surface area contributed by atoms with Gasteiger partial charge < -0.3 is 10.4 Å². The van der Waals surface area contributed by atoms with E-state index in [0.29, 0.717) is 6.42 Å². The molecule has 1 heterocycles. The van der Waals surface area contributed by atoms with Crippen molar-refractivity contribution in [1.29, 1.82) is 0 Å². The molecule has 1 saturated heterocycles. The highest BCUT2D eigenvalue weighted by Gasteiger charge is 2.47. The van der Waals surface area contributed by atoms with Gasteiger partial charge in [0.1, 0.15) is 5.54 Å². The first-order valence-corrected chi connectivity index (χ1v) is 8.28. The predicted molar refractivity (Wildman–Crippen MR) is 76.2 cm³/mol. The van der Waals surface area contributed by atoms with Crippen LogP contribution in [0.3, 0.4) is 0 Å². The third-order valence-electron chi connectivity index (χ3n) is 4.50. The first kappa shape index (κ1) is 14.7. The quantitative estimate of drug-likeness (QED) is 0.835. The number of amides is 1. The molecule has 1 saturated carbocycles. The predicted octanol–water partition coefficient (Wildman–Crippen LogP) is 2.42. The highest BCUT2D eigenvalue weighted by Crippen LogP contribution is 2.35. The highest BCUT2D eigenvalue weighted by molar-refractivity contribution is 8.00. The van der Waals surface area contributed by atoms with Gasteiger partial charge in [-0.05, 0) is 37.4 Å². The summed E-state index contributed by atoms with van der Waals surface area (Å²) in [6.45, 7) is 1.95. The van der Waals surface area contributed by atoms with E-state index in [4.69, 9.17) is 0 Å². The molecule has 0 radical (unpaired) electrons. The van der Waals surface area contributed by atoms with Gasteiger partial charge in [0.15, 0.2) is 0 Å². The van der Waals surface area contributed by atoms with Gasteiger partial charge in [0.2, 0.25) is 5.91 Å². The monoisotopic (exact) mass is 285 g/mol. The van der Waals surface area contributed by atoms with Crippen molar-refractivity contribution in [2.75, 3.05) is 5.75 Å². The van der Waals surface area contributed by atoms with Crippen LogP contribution >= 0.6 is 11.8 Å². The number of carbonyl (C=O) groups excluding carboxylic acids is 1. The Bertz CT molecular complexity index is 355. The largest absolute Gasteiger partial charge is 0.479 e. The van der Waals surface area contributed by atoms with E-state index in [2.05, 4.69) is 5.32 Å². The number of carboxylic acids is 1. The number of rotatable bonds is 3. The molecule has 19 heavy (non-hydrogen) atoms. The molecule has 0 bridgehead atoms. The van der Waals surface area contributed by atoms with Crippen molar-refractivity contribution in [2.24, 2.45) is 5.92 Å². The molecule has 1 aliphatic heterocycles. The topological polar surface area (TPSA) is 66.4 Å². The second kappa shape index (κ2) is 6.16. The zero-order chi connectivity index (χ0) is 13.9. The summed E-state index contributed by atoms with van der Waals surface area (Å²) in [5, 5.41) is 12.4. The summed E-state index contributed by atoms with van der Waals surface area (Å²) in [5.74, 6) is 0.0827. The zero-order valence-electron chi connectivity index (χ0n) is 11.5. The molecule has 0 aromatic carbocycles. The minimum absolute atomic E-state index is 0.0105. The number of hydrogen-bond donors (Lipinski definition) is 2. The van der Waals surface area contributed by atoms with Gasteiger partial charge in [0.05, 0.1) is 5.25 Å². The third kappa shape index (κ3) is 3.07. The van der Waals surface area contributed by atoms with E-state index in [1.165, 1.54) is 0 Å². The number of carbonyl (C=O) groups is 2. The van der Waals surface area contributed by atoms with Crippen molar-refractivity contribution in [1.82, 2.24) is 5.32 Å². The Balaban J connectivity index is 2.07. The van der Waals surface area contributed by atoms with Crippen LogP contribution in [0.1, 0.15) is 51.9 Å².